The number of nitrogens with one attached hydrogen (secondary N) is 2. The smallest absolute Gasteiger partial charge is 0.257 e. The number of aryl methyl sites for hydroxylation is 2. The molecule has 1 amide bonds. The van der Waals surface area contributed by atoms with Crippen molar-refractivity contribution < 1.29 is 4.79 Å². The molecule has 0 radical (unpaired) electrons. The number of carbonyl (C=O) groups is 1. The van der Waals surface area contributed by atoms with Crippen LogP contribution in [0, 0.1) is 17.4 Å². The van der Waals surface area contributed by atoms with Crippen molar-refractivity contribution in [3.05, 3.63) is 56.7 Å². The number of thiazole rings is 1. The molecule has 0 spiro atoms. The lowest BCUT2D eigenvalue weighted by Crippen LogP contribution is -2.34. The lowest BCUT2D eigenvalue weighted by molar-refractivity contribution is 0.0977. The summed E-state index contributed by atoms with van der Waals surface area (Å²) in [6.07, 6.45) is 0. The molecule has 2 aromatic carbocycles. The molecule has 0 fully saturated rings. The molecule has 0 aliphatic rings. The SMILES string of the molecule is Cc1cc(C)c2nc(NC(=S)NC(=O)c3cccc(I)c3)sc2c1. The molecule has 1 aromatic heterocycles. The Bertz CT molecular complexity index is 952. The maximum absolute atomic E-state index is 12.2. The van der Waals surface area contributed by atoms with Gasteiger partial charge in [-0.3, -0.25) is 10.1 Å². The number of fused-ring (bicyclic) bond motifs is 1. The van der Waals surface area contributed by atoms with Crippen molar-refractivity contribution in [1.82, 2.24) is 10.3 Å². The number of amides is 1. The normalized spacial score (nSPS) is 10.6. The molecular formula is C17H14IN3OS2. The Balaban J connectivity index is 1.73. The molecule has 0 aliphatic heterocycles. The third kappa shape index (κ3) is 3.90. The molecule has 3 aromatic rings. The molecule has 7 heteroatoms. The Morgan fingerprint density at radius 3 is 2.79 bits per heavy atom. The van der Waals surface area contributed by atoms with Gasteiger partial charge in [0, 0.05) is 9.13 Å². The molecule has 0 bridgehead atoms. The summed E-state index contributed by atoms with van der Waals surface area (Å²) >= 11 is 8.91. The van der Waals surface area contributed by atoms with E-state index in [1.807, 2.05) is 25.1 Å². The van der Waals surface area contributed by atoms with E-state index < -0.39 is 0 Å². The summed E-state index contributed by atoms with van der Waals surface area (Å²) in [5.74, 6) is -0.237. The maximum atomic E-state index is 12.2. The summed E-state index contributed by atoms with van der Waals surface area (Å²) in [6, 6.07) is 11.5. The summed E-state index contributed by atoms with van der Waals surface area (Å²) < 4.78 is 2.10. The Labute approximate surface area is 162 Å². The van der Waals surface area contributed by atoms with Crippen LogP contribution >= 0.6 is 46.1 Å². The third-order valence-electron chi connectivity index (χ3n) is 3.36. The second-order valence-electron chi connectivity index (χ2n) is 5.37. The predicted octanol–water partition coefficient (Wildman–Crippen LogP) is 4.64. The van der Waals surface area contributed by atoms with E-state index in [1.165, 1.54) is 16.9 Å². The quantitative estimate of drug-likeness (QED) is 0.426. The largest absolute Gasteiger partial charge is 0.308 e. The predicted molar refractivity (Wildman–Crippen MR) is 112 cm³/mol. The molecule has 0 unspecified atom stereocenters. The minimum absolute atomic E-state index is 0.237. The van der Waals surface area contributed by atoms with Crippen LogP contribution in [0.5, 0.6) is 0 Å². The van der Waals surface area contributed by atoms with Crippen molar-refractivity contribution in [2.75, 3.05) is 5.32 Å². The highest BCUT2D eigenvalue weighted by Crippen LogP contribution is 2.29. The lowest BCUT2D eigenvalue weighted by atomic mass is 10.1. The molecule has 2 N–H and O–H groups in total. The molecule has 0 saturated heterocycles. The Hall–Kier alpha value is -1.58. The van der Waals surface area contributed by atoms with Crippen molar-refractivity contribution in [2.24, 2.45) is 0 Å². The van der Waals surface area contributed by atoms with Gasteiger partial charge in [-0.25, -0.2) is 4.98 Å². The average molecular weight is 467 g/mol. The van der Waals surface area contributed by atoms with Crippen LogP contribution in [-0.4, -0.2) is 16.0 Å². The van der Waals surface area contributed by atoms with Crippen molar-refractivity contribution in [3.8, 4) is 0 Å². The van der Waals surface area contributed by atoms with Crippen LogP contribution in [0.15, 0.2) is 36.4 Å². The fourth-order valence-electron chi connectivity index (χ4n) is 2.36. The molecule has 3 rings (SSSR count). The number of rotatable bonds is 2. The van der Waals surface area contributed by atoms with Crippen LogP contribution in [0.3, 0.4) is 0 Å². The Morgan fingerprint density at radius 1 is 1.25 bits per heavy atom. The zero-order valence-electron chi connectivity index (χ0n) is 13.0. The second kappa shape index (κ2) is 7.12. The highest BCUT2D eigenvalue weighted by atomic mass is 127. The number of hydrogen-bond acceptors (Lipinski definition) is 4. The third-order valence-corrected chi connectivity index (χ3v) is 5.16. The number of carbonyl (C=O) groups excluding carboxylic acids is 1. The molecule has 1 heterocycles. The van der Waals surface area contributed by atoms with Gasteiger partial charge in [0.05, 0.1) is 10.2 Å². The standard InChI is InChI=1S/C17H14IN3OS2/c1-9-6-10(2)14-13(7-9)24-17(19-14)21-16(23)20-15(22)11-4-3-5-12(18)8-11/h3-8H,1-2H3,(H2,19,20,21,22,23). The van der Waals surface area contributed by atoms with Gasteiger partial charge in [-0.2, -0.15) is 0 Å². The number of aromatic nitrogens is 1. The number of benzene rings is 2. The molecule has 0 aliphatic carbocycles. The molecular weight excluding hydrogens is 453 g/mol. The number of anilines is 1. The molecule has 122 valence electrons. The van der Waals surface area contributed by atoms with Gasteiger partial charge in [0.1, 0.15) is 0 Å². The maximum Gasteiger partial charge on any atom is 0.257 e. The van der Waals surface area contributed by atoms with Crippen molar-refractivity contribution >= 4 is 72.5 Å². The van der Waals surface area contributed by atoms with E-state index in [4.69, 9.17) is 12.2 Å². The first-order valence-electron chi connectivity index (χ1n) is 7.18. The Morgan fingerprint density at radius 2 is 2.04 bits per heavy atom. The molecule has 4 nitrogen and oxygen atoms in total. The number of nitrogens with zero attached hydrogens (tertiary/aromatic N) is 1. The molecule has 24 heavy (non-hydrogen) atoms. The molecule has 0 atom stereocenters. The summed E-state index contributed by atoms with van der Waals surface area (Å²) in [4.78, 5) is 16.8. The van der Waals surface area contributed by atoms with Gasteiger partial charge in [-0.05, 0) is 84.0 Å². The minimum Gasteiger partial charge on any atom is -0.308 e. The van der Waals surface area contributed by atoms with Crippen LogP contribution in [0.25, 0.3) is 10.2 Å². The summed E-state index contributed by atoms with van der Waals surface area (Å²) in [7, 11) is 0. The average Bonchev–Trinajstić information content (AvgIpc) is 2.89. The van der Waals surface area contributed by atoms with Crippen molar-refractivity contribution in [3.63, 3.8) is 0 Å². The fraction of sp³-hybridized carbons (Fsp3) is 0.118. The van der Waals surface area contributed by atoms with Crippen LogP contribution in [0.1, 0.15) is 21.5 Å². The van der Waals surface area contributed by atoms with E-state index >= 15 is 0 Å². The summed E-state index contributed by atoms with van der Waals surface area (Å²) in [5.41, 5.74) is 3.86. The highest BCUT2D eigenvalue weighted by Gasteiger charge is 2.11. The van der Waals surface area contributed by atoms with E-state index in [9.17, 15) is 4.79 Å². The van der Waals surface area contributed by atoms with E-state index in [0.29, 0.717) is 10.7 Å². The van der Waals surface area contributed by atoms with Gasteiger partial charge in [0.2, 0.25) is 0 Å². The first-order chi connectivity index (χ1) is 11.4. The second-order valence-corrected chi connectivity index (χ2v) is 8.05. The van der Waals surface area contributed by atoms with Gasteiger partial charge in [0.15, 0.2) is 10.2 Å². The zero-order valence-corrected chi connectivity index (χ0v) is 16.8. The number of thiocarbonyl (C=S) groups is 1. The topological polar surface area (TPSA) is 54.0 Å². The van der Waals surface area contributed by atoms with E-state index in [0.717, 1.165) is 19.4 Å². The van der Waals surface area contributed by atoms with Crippen LogP contribution in [-0.2, 0) is 0 Å². The van der Waals surface area contributed by atoms with E-state index in [1.54, 1.807) is 6.07 Å². The van der Waals surface area contributed by atoms with Crippen LogP contribution in [0.4, 0.5) is 5.13 Å². The van der Waals surface area contributed by atoms with Gasteiger partial charge in [0.25, 0.3) is 5.91 Å². The number of halogens is 1. The monoisotopic (exact) mass is 467 g/mol. The number of hydrogen-bond donors (Lipinski definition) is 2. The van der Waals surface area contributed by atoms with Crippen LogP contribution in [0.2, 0.25) is 0 Å². The fourth-order valence-corrected chi connectivity index (χ4v) is 4.20. The van der Waals surface area contributed by atoms with Crippen LogP contribution < -0.4 is 10.6 Å². The van der Waals surface area contributed by atoms with Crippen molar-refractivity contribution in [1.29, 1.82) is 0 Å². The first kappa shape index (κ1) is 17.2. The van der Waals surface area contributed by atoms with Crippen molar-refractivity contribution in [2.45, 2.75) is 13.8 Å². The summed E-state index contributed by atoms with van der Waals surface area (Å²) in [6.45, 7) is 4.10. The Kier molecular flexibility index (Phi) is 5.12. The summed E-state index contributed by atoms with van der Waals surface area (Å²) in [5, 5.41) is 6.60. The minimum atomic E-state index is -0.237. The van der Waals surface area contributed by atoms with Gasteiger partial charge in [-0.15, -0.1) is 0 Å². The van der Waals surface area contributed by atoms with Gasteiger partial charge >= 0.3 is 0 Å². The van der Waals surface area contributed by atoms with Gasteiger partial charge in [-0.1, -0.05) is 23.5 Å². The van der Waals surface area contributed by atoms with E-state index in [2.05, 4.69) is 57.3 Å². The highest BCUT2D eigenvalue weighted by molar-refractivity contribution is 14.1. The van der Waals surface area contributed by atoms with E-state index in [-0.39, 0.29) is 11.0 Å². The zero-order chi connectivity index (χ0) is 17.3. The first-order valence-corrected chi connectivity index (χ1v) is 9.48. The van der Waals surface area contributed by atoms with Gasteiger partial charge < -0.3 is 5.32 Å². The molecule has 0 saturated carbocycles. The lowest BCUT2D eigenvalue weighted by Gasteiger charge is -2.07.